The lowest BCUT2D eigenvalue weighted by molar-refractivity contribution is -0.138. The zero-order valence-electron chi connectivity index (χ0n) is 9.87. The molecule has 0 bridgehead atoms. The van der Waals surface area contributed by atoms with E-state index >= 15 is 0 Å². The van der Waals surface area contributed by atoms with E-state index in [0.717, 1.165) is 31.5 Å². The Morgan fingerprint density at radius 2 is 2.17 bits per heavy atom. The monoisotopic (exact) mass is 259 g/mol. The molecule has 100 valence electrons. The summed E-state index contributed by atoms with van der Waals surface area (Å²) in [6.07, 6.45) is 1.97. The number of nitrogens with one attached hydrogen (secondary N) is 1. The summed E-state index contributed by atoms with van der Waals surface area (Å²) in [5.74, 6) is 5.86. The van der Waals surface area contributed by atoms with E-state index in [1.165, 1.54) is 6.20 Å². The van der Waals surface area contributed by atoms with Crippen LogP contribution in [0.3, 0.4) is 0 Å². The van der Waals surface area contributed by atoms with Gasteiger partial charge in [-0.25, -0.2) is 0 Å². The normalized spacial score (nSPS) is 18.4. The van der Waals surface area contributed by atoms with E-state index in [-0.39, 0.29) is 5.56 Å². The lowest BCUT2D eigenvalue weighted by atomic mass is 9.79. The molecule has 1 aliphatic rings. The van der Waals surface area contributed by atoms with Crippen LogP contribution in [-0.4, -0.2) is 4.98 Å². The van der Waals surface area contributed by atoms with E-state index in [4.69, 9.17) is 5.84 Å². The molecule has 0 aromatic carbocycles. The maximum atomic E-state index is 12.9. The van der Waals surface area contributed by atoms with Crippen LogP contribution in [0.2, 0.25) is 0 Å². The summed E-state index contributed by atoms with van der Waals surface area (Å²) in [4.78, 5) is 3.78. The third kappa shape index (κ3) is 2.81. The van der Waals surface area contributed by atoms with Crippen LogP contribution >= 0.6 is 0 Å². The van der Waals surface area contributed by atoms with Gasteiger partial charge in [-0.1, -0.05) is 19.3 Å². The van der Waals surface area contributed by atoms with Gasteiger partial charge < -0.3 is 0 Å². The number of hydrogen-bond acceptors (Lipinski definition) is 3. The molecular weight excluding hydrogens is 243 g/mol. The SMILES string of the molecule is NNC(CC1CCC1)c1cnccc1C(F)(F)F. The van der Waals surface area contributed by atoms with E-state index in [1.807, 2.05) is 0 Å². The van der Waals surface area contributed by atoms with Crippen molar-refractivity contribution >= 4 is 0 Å². The second-order valence-corrected chi connectivity index (χ2v) is 4.71. The molecule has 18 heavy (non-hydrogen) atoms. The Morgan fingerprint density at radius 3 is 2.67 bits per heavy atom. The Hall–Kier alpha value is -1.14. The van der Waals surface area contributed by atoms with Crippen molar-refractivity contribution in [2.45, 2.75) is 37.9 Å². The van der Waals surface area contributed by atoms with Crippen LogP contribution in [0.25, 0.3) is 0 Å². The minimum absolute atomic E-state index is 0.138. The molecule has 3 nitrogen and oxygen atoms in total. The van der Waals surface area contributed by atoms with Gasteiger partial charge in [0, 0.05) is 24.0 Å². The van der Waals surface area contributed by atoms with Crippen LogP contribution in [0, 0.1) is 5.92 Å². The maximum absolute atomic E-state index is 12.9. The van der Waals surface area contributed by atoms with Gasteiger partial charge in [-0.15, -0.1) is 0 Å². The zero-order valence-corrected chi connectivity index (χ0v) is 9.87. The van der Waals surface area contributed by atoms with Gasteiger partial charge in [0.05, 0.1) is 5.56 Å². The maximum Gasteiger partial charge on any atom is 0.416 e. The number of hydrogen-bond donors (Lipinski definition) is 2. The minimum Gasteiger partial charge on any atom is -0.271 e. The fraction of sp³-hybridized carbons (Fsp3) is 0.583. The number of nitrogens with zero attached hydrogens (tertiary/aromatic N) is 1. The molecular formula is C12H16F3N3. The summed E-state index contributed by atoms with van der Waals surface area (Å²) in [6, 6.07) is 0.515. The summed E-state index contributed by atoms with van der Waals surface area (Å²) in [5.41, 5.74) is 1.98. The average molecular weight is 259 g/mol. The molecule has 6 heteroatoms. The molecule has 2 rings (SSSR count). The third-order valence-corrected chi connectivity index (χ3v) is 3.53. The van der Waals surface area contributed by atoms with Gasteiger partial charge in [0.15, 0.2) is 0 Å². The van der Waals surface area contributed by atoms with Gasteiger partial charge in [0.1, 0.15) is 0 Å². The molecule has 1 saturated carbocycles. The standard InChI is InChI=1S/C12H16F3N3/c13-12(14,15)10-4-5-17-7-9(10)11(18-16)6-8-2-1-3-8/h4-5,7-8,11,18H,1-3,6,16H2. The highest BCUT2D eigenvalue weighted by atomic mass is 19.4. The zero-order chi connectivity index (χ0) is 13.2. The van der Waals surface area contributed by atoms with Crippen molar-refractivity contribution in [3.05, 3.63) is 29.6 Å². The first-order valence-electron chi connectivity index (χ1n) is 5.99. The minimum atomic E-state index is -4.37. The van der Waals surface area contributed by atoms with Crippen molar-refractivity contribution in [1.29, 1.82) is 0 Å². The number of alkyl halides is 3. The van der Waals surface area contributed by atoms with Crippen LogP contribution in [0.15, 0.2) is 18.5 Å². The molecule has 0 saturated heterocycles. The highest BCUT2D eigenvalue weighted by molar-refractivity contribution is 5.29. The lowest BCUT2D eigenvalue weighted by Crippen LogP contribution is -2.32. The molecule has 1 aromatic heterocycles. The van der Waals surface area contributed by atoms with Crippen molar-refractivity contribution < 1.29 is 13.2 Å². The number of aromatic nitrogens is 1. The first-order chi connectivity index (χ1) is 8.52. The van der Waals surface area contributed by atoms with Crippen LogP contribution in [0.4, 0.5) is 13.2 Å². The Bertz CT molecular complexity index is 402. The Labute approximate surface area is 104 Å². The Balaban J connectivity index is 2.23. The first-order valence-corrected chi connectivity index (χ1v) is 5.99. The summed E-state index contributed by atoms with van der Waals surface area (Å²) in [6.45, 7) is 0. The molecule has 0 amide bonds. The number of pyridine rings is 1. The predicted octanol–water partition coefficient (Wildman–Crippen LogP) is 2.80. The molecule has 1 aliphatic carbocycles. The lowest BCUT2D eigenvalue weighted by Gasteiger charge is -2.30. The molecule has 0 radical (unpaired) electrons. The quantitative estimate of drug-likeness (QED) is 0.645. The predicted molar refractivity (Wildman–Crippen MR) is 61.3 cm³/mol. The summed E-state index contributed by atoms with van der Waals surface area (Å²) < 4.78 is 38.6. The van der Waals surface area contributed by atoms with Crippen molar-refractivity contribution in [2.75, 3.05) is 0 Å². The Morgan fingerprint density at radius 1 is 1.44 bits per heavy atom. The summed E-state index contributed by atoms with van der Waals surface area (Å²) >= 11 is 0. The topological polar surface area (TPSA) is 50.9 Å². The van der Waals surface area contributed by atoms with Crippen LogP contribution < -0.4 is 11.3 Å². The van der Waals surface area contributed by atoms with Crippen molar-refractivity contribution in [1.82, 2.24) is 10.4 Å². The second kappa shape index (κ2) is 5.24. The summed E-state index contributed by atoms with van der Waals surface area (Å²) in [7, 11) is 0. The van der Waals surface area contributed by atoms with Gasteiger partial charge in [-0.05, 0) is 18.4 Å². The van der Waals surface area contributed by atoms with Crippen LogP contribution in [0.5, 0.6) is 0 Å². The highest BCUT2D eigenvalue weighted by Crippen LogP contribution is 2.38. The summed E-state index contributed by atoms with van der Waals surface area (Å²) in [5, 5.41) is 0. The number of rotatable bonds is 4. The fourth-order valence-electron chi connectivity index (χ4n) is 2.29. The number of hydrazine groups is 1. The highest BCUT2D eigenvalue weighted by Gasteiger charge is 2.36. The van der Waals surface area contributed by atoms with Crippen molar-refractivity contribution in [3.8, 4) is 0 Å². The van der Waals surface area contributed by atoms with Gasteiger partial charge in [-0.3, -0.25) is 16.3 Å². The largest absolute Gasteiger partial charge is 0.416 e. The first kappa shape index (κ1) is 13.3. The van der Waals surface area contributed by atoms with Crippen molar-refractivity contribution in [3.63, 3.8) is 0 Å². The van der Waals surface area contributed by atoms with Gasteiger partial charge in [0.25, 0.3) is 0 Å². The van der Waals surface area contributed by atoms with Crippen molar-refractivity contribution in [2.24, 2.45) is 11.8 Å². The second-order valence-electron chi connectivity index (χ2n) is 4.71. The molecule has 1 unspecified atom stereocenters. The molecule has 1 aromatic rings. The molecule has 0 spiro atoms. The average Bonchev–Trinajstić information content (AvgIpc) is 2.27. The number of halogens is 3. The third-order valence-electron chi connectivity index (χ3n) is 3.53. The van der Waals surface area contributed by atoms with Gasteiger partial charge in [0.2, 0.25) is 0 Å². The van der Waals surface area contributed by atoms with Crippen LogP contribution in [0.1, 0.15) is 42.9 Å². The van der Waals surface area contributed by atoms with E-state index < -0.39 is 17.8 Å². The smallest absolute Gasteiger partial charge is 0.271 e. The molecule has 1 atom stereocenters. The van der Waals surface area contributed by atoms with Gasteiger partial charge in [-0.2, -0.15) is 13.2 Å². The van der Waals surface area contributed by atoms with E-state index in [2.05, 4.69) is 10.4 Å². The van der Waals surface area contributed by atoms with E-state index in [1.54, 1.807) is 0 Å². The van der Waals surface area contributed by atoms with Gasteiger partial charge >= 0.3 is 6.18 Å². The molecule has 0 aliphatic heterocycles. The van der Waals surface area contributed by atoms with E-state index in [9.17, 15) is 13.2 Å². The molecule has 1 heterocycles. The fourth-order valence-corrected chi connectivity index (χ4v) is 2.29. The number of nitrogens with two attached hydrogens (primary N) is 1. The van der Waals surface area contributed by atoms with E-state index in [0.29, 0.717) is 12.3 Å². The molecule has 3 N–H and O–H groups in total. The van der Waals surface area contributed by atoms with Crippen LogP contribution in [-0.2, 0) is 6.18 Å². The molecule has 1 fully saturated rings. The Kier molecular flexibility index (Phi) is 3.87.